The van der Waals surface area contributed by atoms with E-state index in [1.54, 1.807) is 0 Å². The van der Waals surface area contributed by atoms with E-state index in [2.05, 4.69) is 0 Å². The van der Waals surface area contributed by atoms with E-state index in [0.29, 0.717) is 0 Å². The Labute approximate surface area is 60.9 Å². The Kier molecular flexibility index (Phi) is 2.10. The first-order valence-electron chi connectivity index (χ1n) is 3.57. The van der Waals surface area contributed by atoms with E-state index in [9.17, 15) is 4.79 Å². The highest BCUT2D eigenvalue weighted by atomic mass is 16.5. The molecule has 0 radical (unpaired) electrons. The fourth-order valence-electron chi connectivity index (χ4n) is 1.18. The minimum absolute atomic E-state index is 0.0139. The van der Waals surface area contributed by atoms with Crippen molar-refractivity contribution >= 4 is 5.97 Å². The van der Waals surface area contributed by atoms with Gasteiger partial charge in [0.05, 0.1) is 5.92 Å². The summed E-state index contributed by atoms with van der Waals surface area (Å²) in [5.74, 6) is -0.0643. The lowest BCUT2D eigenvalue weighted by atomic mass is 10.1. The summed E-state index contributed by atoms with van der Waals surface area (Å²) >= 11 is 0. The number of allylic oxidation sites excluding steroid dienone is 1. The molecule has 2 unspecified atom stereocenters. The molecule has 0 saturated carbocycles. The zero-order valence-electron chi connectivity index (χ0n) is 6.33. The fraction of sp³-hybridized carbons (Fsp3) is 0.625. The average molecular weight is 140 g/mol. The molecule has 2 atom stereocenters. The number of esters is 1. The second-order valence-electron chi connectivity index (χ2n) is 2.62. The van der Waals surface area contributed by atoms with Gasteiger partial charge in [-0.25, -0.2) is 0 Å². The quantitative estimate of drug-likeness (QED) is 0.407. The van der Waals surface area contributed by atoms with Crippen molar-refractivity contribution in [1.29, 1.82) is 0 Å². The summed E-state index contributed by atoms with van der Waals surface area (Å²) in [6.07, 6.45) is 4.73. The summed E-state index contributed by atoms with van der Waals surface area (Å²) < 4.78 is 4.94. The molecule has 0 aromatic heterocycles. The Morgan fingerprint density at radius 1 is 1.70 bits per heavy atom. The van der Waals surface area contributed by atoms with Gasteiger partial charge >= 0.3 is 5.97 Å². The standard InChI is InChI=1S/C8H12O2/c1-3-4-7-5-6(2)10-8(7)9/h3-4,6-7H,5H2,1-2H3. The van der Waals surface area contributed by atoms with Crippen LogP contribution in [-0.2, 0) is 9.53 Å². The van der Waals surface area contributed by atoms with E-state index in [4.69, 9.17) is 4.74 Å². The van der Waals surface area contributed by atoms with Gasteiger partial charge in [-0.1, -0.05) is 12.2 Å². The second kappa shape index (κ2) is 2.86. The van der Waals surface area contributed by atoms with E-state index in [-0.39, 0.29) is 18.0 Å². The molecule has 0 bridgehead atoms. The van der Waals surface area contributed by atoms with Crippen molar-refractivity contribution in [1.82, 2.24) is 0 Å². The van der Waals surface area contributed by atoms with Gasteiger partial charge in [0, 0.05) is 6.42 Å². The number of carbonyl (C=O) groups is 1. The van der Waals surface area contributed by atoms with Gasteiger partial charge in [-0.2, -0.15) is 0 Å². The average Bonchev–Trinajstić information content (AvgIpc) is 2.13. The van der Waals surface area contributed by atoms with Crippen molar-refractivity contribution in [2.45, 2.75) is 26.4 Å². The Balaban J connectivity index is 2.55. The number of ether oxygens (including phenoxy) is 1. The van der Waals surface area contributed by atoms with Crippen molar-refractivity contribution in [3.05, 3.63) is 12.2 Å². The lowest BCUT2D eigenvalue weighted by molar-refractivity contribution is -0.142. The van der Waals surface area contributed by atoms with Crippen LogP contribution in [0.25, 0.3) is 0 Å². The van der Waals surface area contributed by atoms with Crippen LogP contribution in [0, 0.1) is 5.92 Å². The Morgan fingerprint density at radius 3 is 2.80 bits per heavy atom. The van der Waals surface area contributed by atoms with Crippen LogP contribution < -0.4 is 0 Å². The number of hydrogen-bond donors (Lipinski definition) is 0. The molecule has 10 heavy (non-hydrogen) atoms. The molecule has 0 aromatic rings. The molecular formula is C8H12O2. The normalized spacial score (nSPS) is 33.2. The minimum atomic E-state index is -0.0781. The third kappa shape index (κ3) is 1.38. The maximum Gasteiger partial charge on any atom is 0.313 e. The van der Waals surface area contributed by atoms with Crippen molar-refractivity contribution in [2.24, 2.45) is 5.92 Å². The van der Waals surface area contributed by atoms with Gasteiger partial charge in [0.2, 0.25) is 0 Å². The molecule has 1 rings (SSSR count). The predicted octanol–water partition coefficient (Wildman–Crippen LogP) is 1.51. The molecule has 1 saturated heterocycles. The summed E-state index contributed by atoms with van der Waals surface area (Å²) in [7, 11) is 0. The van der Waals surface area contributed by atoms with Crippen molar-refractivity contribution < 1.29 is 9.53 Å². The monoisotopic (exact) mass is 140 g/mol. The van der Waals surface area contributed by atoms with Gasteiger partial charge in [-0.15, -0.1) is 0 Å². The van der Waals surface area contributed by atoms with Gasteiger partial charge in [0.15, 0.2) is 0 Å². The van der Waals surface area contributed by atoms with E-state index in [1.165, 1.54) is 0 Å². The van der Waals surface area contributed by atoms with Crippen LogP contribution in [0.5, 0.6) is 0 Å². The third-order valence-electron chi connectivity index (χ3n) is 1.63. The van der Waals surface area contributed by atoms with E-state index < -0.39 is 0 Å². The lowest BCUT2D eigenvalue weighted by Crippen LogP contribution is -2.03. The summed E-state index contributed by atoms with van der Waals surface area (Å²) in [5.41, 5.74) is 0. The van der Waals surface area contributed by atoms with Gasteiger partial charge in [0.1, 0.15) is 6.10 Å². The van der Waals surface area contributed by atoms with E-state index in [1.807, 2.05) is 26.0 Å². The van der Waals surface area contributed by atoms with Crippen LogP contribution in [0.1, 0.15) is 20.3 Å². The molecule has 0 spiro atoms. The largest absolute Gasteiger partial charge is 0.462 e. The number of rotatable bonds is 1. The summed E-state index contributed by atoms with van der Waals surface area (Å²) in [6, 6.07) is 0. The maximum absolute atomic E-state index is 10.9. The fourth-order valence-corrected chi connectivity index (χ4v) is 1.18. The van der Waals surface area contributed by atoms with Crippen LogP contribution >= 0.6 is 0 Å². The molecule has 56 valence electrons. The minimum Gasteiger partial charge on any atom is -0.462 e. The summed E-state index contributed by atoms with van der Waals surface area (Å²) in [5, 5.41) is 0. The summed E-state index contributed by atoms with van der Waals surface area (Å²) in [4.78, 5) is 10.9. The Morgan fingerprint density at radius 2 is 2.40 bits per heavy atom. The highest BCUT2D eigenvalue weighted by Gasteiger charge is 2.28. The highest BCUT2D eigenvalue weighted by molar-refractivity contribution is 5.76. The van der Waals surface area contributed by atoms with Gasteiger partial charge in [-0.3, -0.25) is 4.79 Å². The van der Waals surface area contributed by atoms with Crippen molar-refractivity contribution in [3.8, 4) is 0 Å². The topological polar surface area (TPSA) is 26.3 Å². The third-order valence-corrected chi connectivity index (χ3v) is 1.63. The van der Waals surface area contributed by atoms with E-state index in [0.717, 1.165) is 6.42 Å². The molecule has 1 fully saturated rings. The van der Waals surface area contributed by atoms with Crippen LogP contribution in [0.15, 0.2) is 12.2 Å². The molecule has 0 aromatic carbocycles. The molecule has 2 nitrogen and oxygen atoms in total. The lowest BCUT2D eigenvalue weighted by Gasteiger charge is -1.95. The van der Waals surface area contributed by atoms with Gasteiger partial charge in [-0.05, 0) is 13.8 Å². The van der Waals surface area contributed by atoms with Gasteiger partial charge < -0.3 is 4.74 Å². The predicted molar refractivity (Wildman–Crippen MR) is 38.5 cm³/mol. The van der Waals surface area contributed by atoms with Crippen LogP contribution in [-0.4, -0.2) is 12.1 Å². The first-order chi connectivity index (χ1) is 4.74. The molecule has 0 amide bonds. The second-order valence-corrected chi connectivity index (χ2v) is 2.62. The molecular weight excluding hydrogens is 128 g/mol. The zero-order valence-corrected chi connectivity index (χ0v) is 6.33. The molecule has 0 aliphatic carbocycles. The number of cyclic esters (lactones) is 1. The van der Waals surface area contributed by atoms with Crippen molar-refractivity contribution in [2.75, 3.05) is 0 Å². The molecule has 1 aliphatic heterocycles. The smallest absolute Gasteiger partial charge is 0.313 e. The first-order valence-corrected chi connectivity index (χ1v) is 3.57. The SMILES string of the molecule is CC=CC1CC(C)OC1=O. The Bertz CT molecular complexity index is 161. The van der Waals surface area contributed by atoms with Crippen LogP contribution in [0.4, 0.5) is 0 Å². The molecule has 0 N–H and O–H groups in total. The molecule has 1 heterocycles. The van der Waals surface area contributed by atoms with Gasteiger partial charge in [0.25, 0.3) is 0 Å². The van der Waals surface area contributed by atoms with Crippen molar-refractivity contribution in [3.63, 3.8) is 0 Å². The van der Waals surface area contributed by atoms with Crippen LogP contribution in [0.3, 0.4) is 0 Å². The summed E-state index contributed by atoms with van der Waals surface area (Å²) in [6.45, 7) is 3.83. The molecule has 1 aliphatic rings. The molecule has 2 heteroatoms. The Hall–Kier alpha value is -0.790. The zero-order chi connectivity index (χ0) is 7.56. The maximum atomic E-state index is 10.9. The van der Waals surface area contributed by atoms with Crippen LogP contribution in [0.2, 0.25) is 0 Å². The number of carbonyl (C=O) groups excluding carboxylic acids is 1. The first kappa shape index (κ1) is 7.32. The number of hydrogen-bond acceptors (Lipinski definition) is 2. The highest BCUT2D eigenvalue weighted by Crippen LogP contribution is 2.21. The van der Waals surface area contributed by atoms with E-state index >= 15 is 0 Å².